The molecule has 0 radical (unpaired) electrons. The molecule has 1 fully saturated rings. The Balaban J connectivity index is 2.02. The molecule has 1 saturated heterocycles. The molecule has 0 saturated carbocycles. The quantitative estimate of drug-likeness (QED) is 0.775. The minimum atomic E-state index is -0.444. The topological polar surface area (TPSA) is 101 Å². The van der Waals surface area contributed by atoms with Crippen molar-refractivity contribution < 1.29 is 4.79 Å². The van der Waals surface area contributed by atoms with Gasteiger partial charge < -0.3 is 16.5 Å². The van der Waals surface area contributed by atoms with Crippen molar-refractivity contribution in [1.82, 2.24) is 14.9 Å². The van der Waals surface area contributed by atoms with Crippen LogP contribution in [0.2, 0.25) is 0 Å². The molecule has 2 aromatic rings. The molecule has 5 N–H and O–H groups in total. The lowest BCUT2D eigenvalue weighted by Gasteiger charge is -2.33. The van der Waals surface area contributed by atoms with E-state index in [0.29, 0.717) is 17.6 Å². The van der Waals surface area contributed by atoms with Gasteiger partial charge in [-0.15, -0.1) is 0 Å². The first-order chi connectivity index (χ1) is 10.6. The summed E-state index contributed by atoms with van der Waals surface area (Å²) in [5.74, 6) is 0.464. The Kier molecular flexibility index (Phi) is 3.88. The van der Waals surface area contributed by atoms with Gasteiger partial charge in [0, 0.05) is 6.54 Å². The number of imidazole rings is 1. The van der Waals surface area contributed by atoms with Crippen molar-refractivity contribution in [1.29, 1.82) is 0 Å². The zero-order chi connectivity index (χ0) is 15.7. The van der Waals surface area contributed by atoms with Gasteiger partial charge in [-0.3, -0.25) is 9.69 Å². The molecule has 0 unspecified atom stereocenters. The third kappa shape index (κ3) is 2.38. The fourth-order valence-corrected chi connectivity index (χ4v) is 3.41. The first-order valence-corrected chi connectivity index (χ1v) is 7.80. The second kappa shape index (κ2) is 5.70. The highest BCUT2D eigenvalue weighted by atomic mass is 16.1. The number of hydrogen-bond donors (Lipinski definition) is 3. The van der Waals surface area contributed by atoms with E-state index in [2.05, 4.69) is 16.8 Å². The summed E-state index contributed by atoms with van der Waals surface area (Å²) < 4.78 is 0. The summed E-state index contributed by atoms with van der Waals surface area (Å²) in [6, 6.07) is 5.48. The zero-order valence-electron chi connectivity index (χ0n) is 12.9. The third-order valence-corrected chi connectivity index (χ3v) is 4.71. The van der Waals surface area contributed by atoms with E-state index >= 15 is 0 Å². The smallest absolute Gasteiger partial charge is 0.250 e. The number of nitrogens with zero attached hydrogens (tertiary/aromatic N) is 2. The van der Waals surface area contributed by atoms with Crippen LogP contribution in [0.3, 0.4) is 0 Å². The van der Waals surface area contributed by atoms with Crippen molar-refractivity contribution in [3.05, 3.63) is 29.6 Å². The lowest BCUT2D eigenvalue weighted by Crippen LogP contribution is -2.40. The Morgan fingerprint density at radius 3 is 3.05 bits per heavy atom. The summed E-state index contributed by atoms with van der Waals surface area (Å²) in [6.07, 6.45) is 3.16. The number of fused-ring (bicyclic) bond motifs is 1. The highest BCUT2D eigenvalue weighted by molar-refractivity contribution is 6.04. The van der Waals surface area contributed by atoms with Gasteiger partial charge in [-0.1, -0.05) is 6.07 Å². The molecule has 1 amide bonds. The number of para-hydroxylation sites is 1. The van der Waals surface area contributed by atoms with Crippen LogP contribution in [0.4, 0.5) is 0 Å². The molecule has 6 nitrogen and oxygen atoms in total. The number of H-pyrrole nitrogens is 1. The molecule has 1 aromatic carbocycles. The number of carbonyl (C=O) groups is 1. The number of amides is 1. The molecule has 3 rings (SSSR count). The van der Waals surface area contributed by atoms with Gasteiger partial charge >= 0.3 is 0 Å². The molecular weight excluding hydrogens is 278 g/mol. The number of carbonyl (C=O) groups excluding carboxylic acids is 1. The largest absolute Gasteiger partial charge is 0.366 e. The predicted molar refractivity (Wildman–Crippen MR) is 86.4 cm³/mol. The molecule has 0 spiro atoms. The van der Waals surface area contributed by atoms with Gasteiger partial charge in [-0.05, 0) is 51.4 Å². The van der Waals surface area contributed by atoms with Crippen LogP contribution in [0.1, 0.15) is 42.4 Å². The number of aromatic amines is 1. The number of hydrogen-bond acceptors (Lipinski definition) is 4. The lowest BCUT2D eigenvalue weighted by molar-refractivity contribution is 0.100. The van der Waals surface area contributed by atoms with Crippen molar-refractivity contribution in [3.63, 3.8) is 0 Å². The average molecular weight is 301 g/mol. The fraction of sp³-hybridized carbons (Fsp3) is 0.500. The molecule has 1 aliphatic heterocycles. The summed E-state index contributed by atoms with van der Waals surface area (Å²) in [5.41, 5.74) is 13.0. The number of primary amides is 1. The fourth-order valence-electron chi connectivity index (χ4n) is 3.41. The van der Waals surface area contributed by atoms with Gasteiger partial charge in [0.15, 0.2) is 0 Å². The second-order valence-electron chi connectivity index (χ2n) is 6.16. The SMILES string of the molecule is C[C@]1(c2nc3c(C(N)=O)cccc3[nH]2)CCCN1CCCN. The molecule has 118 valence electrons. The van der Waals surface area contributed by atoms with E-state index in [0.717, 1.165) is 43.7 Å². The maximum atomic E-state index is 11.6. The van der Waals surface area contributed by atoms with Crippen molar-refractivity contribution in [3.8, 4) is 0 Å². The van der Waals surface area contributed by atoms with Gasteiger partial charge in [0.1, 0.15) is 11.3 Å². The maximum Gasteiger partial charge on any atom is 0.250 e. The van der Waals surface area contributed by atoms with Gasteiger partial charge in [-0.25, -0.2) is 4.98 Å². The molecule has 1 aliphatic rings. The number of likely N-dealkylation sites (tertiary alicyclic amines) is 1. The molecule has 0 bridgehead atoms. The number of nitrogens with one attached hydrogen (secondary N) is 1. The maximum absolute atomic E-state index is 11.6. The number of rotatable bonds is 5. The summed E-state index contributed by atoms with van der Waals surface area (Å²) in [4.78, 5) is 22.1. The van der Waals surface area contributed by atoms with Gasteiger partial charge in [0.25, 0.3) is 5.91 Å². The molecular formula is C16H23N5O. The Hall–Kier alpha value is -1.92. The first kappa shape index (κ1) is 15.0. The Morgan fingerprint density at radius 2 is 2.32 bits per heavy atom. The average Bonchev–Trinajstić information content (AvgIpc) is 3.09. The summed E-state index contributed by atoms with van der Waals surface area (Å²) in [6.45, 7) is 4.92. The zero-order valence-corrected chi connectivity index (χ0v) is 12.9. The molecule has 6 heteroatoms. The highest BCUT2D eigenvalue weighted by Gasteiger charge is 2.40. The molecule has 2 heterocycles. The standard InChI is InChI=1S/C16H23N5O/c1-16(7-3-9-21(16)10-4-8-17)15-19-12-6-2-5-11(14(18)22)13(12)20-15/h2,5-6H,3-4,7-10,17H2,1H3,(H2,18,22)(H,19,20)/t16-/m1/s1. The normalized spacial score (nSPS) is 22.5. The van der Waals surface area contributed by atoms with E-state index in [1.165, 1.54) is 0 Å². The minimum absolute atomic E-state index is 0.136. The second-order valence-corrected chi connectivity index (χ2v) is 6.16. The predicted octanol–water partition coefficient (Wildman–Crippen LogP) is 1.32. The van der Waals surface area contributed by atoms with E-state index in [1.54, 1.807) is 6.07 Å². The van der Waals surface area contributed by atoms with Crippen LogP contribution < -0.4 is 11.5 Å². The van der Waals surface area contributed by atoms with Crippen LogP contribution >= 0.6 is 0 Å². The van der Waals surface area contributed by atoms with E-state index in [9.17, 15) is 4.79 Å². The van der Waals surface area contributed by atoms with Gasteiger partial charge in [-0.2, -0.15) is 0 Å². The van der Waals surface area contributed by atoms with Crippen molar-refractivity contribution in [2.24, 2.45) is 11.5 Å². The molecule has 1 aromatic heterocycles. The van der Waals surface area contributed by atoms with Crippen LogP contribution in [0.15, 0.2) is 18.2 Å². The van der Waals surface area contributed by atoms with Crippen molar-refractivity contribution in [2.75, 3.05) is 19.6 Å². The van der Waals surface area contributed by atoms with E-state index in [1.807, 2.05) is 12.1 Å². The number of aromatic nitrogens is 2. The highest BCUT2D eigenvalue weighted by Crippen LogP contribution is 2.38. The first-order valence-electron chi connectivity index (χ1n) is 7.80. The van der Waals surface area contributed by atoms with Crippen molar-refractivity contribution >= 4 is 16.9 Å². The lowest BCUT2D eigenvalue weighted by atomic mass is 9.98. The minimum Gasteiger partial charge on any atom is -0.366 e. The van der Waals surface area contributed by atoms with Crippen molar-refractivity contribution in [2.45, 2.75) is 31.7 Å². The summed E-state index contributed by atoms with van der Waals surface area (Å²) >= 11 is 0. The van der Waals surface area contributed by atoms with E-state index in [-0.39, 0.29) is 5.54 Å². The number of nitrogens with two attached hydrogens (primary N) is 2. The van der Waals surface area contributed by atoms with E-state index in [4.69, 9.17) is 16.5 Å². The van der Waals surface area contributed by atoms with Gasteiger partial charge in [0.2, 0.25) is 0 Å². The number of benzene rings is 1. The summed E-state index contributed by atoms with van der Waals surface area (Å²) in [7, 11) is 0. The van der Waals surface area contributed by atoms with Gasteiger partial charge in [0.05, 0.1) is 16.6 Å². The Labute approximate surface area is 129 Å². The molecule has 1 atom stereocenters. The van der Waals surface area contributed by atoms with E-state index < -0.39 is 5.91 Å². The van der Waals surface area contributed by atoms with Crippen LogP contribution in [0, 0.1) is 0 Å². The molecule has 0 aliphatic carbocycles. The Bertz CT molecular complexity index is 695. The van der Waals surface area contributed by atoms with Crippen LogP contribution in [-0.2, 0) is 5.54 Å². The monoisotopic (exact) mass is 301 g/mol. The Morgan fingerprint density at radius 1 is 1.50 bits per heavy atom. The molecule has 22 heavy (non-hydrogen) atoms. The van der Waals surface area contributed by atoms with Crippen LogP contribution in [0.5, 0.6) is 0 Å². The summed E-state index contributed by atoms with van der Waals surface area (Å²) in [5, 5.41) is 0. The van der Waals surface area contributed by atoms with Crippen LogP contribution in [-0.4, -0.2) is 40.4 Å². The third-order valence-electron chi connectivity index (χ3n) is 4.71. The van der Waals surface area contributed by atoms with Crippen LogP contribution in [0.25, 0.3) is 11.0 Å².